The summed E-state index contributed by atoms with van der Waals surface area (Å²) >= 11 is 0. The lowest BCUT2D eigenvalue weighted by atomic mass is 9.99. The van der Waals surface area contributed by atoms with Crippen LogP contribution in [0.4, 0.5) is 0 Å². The zero-order valence-electron chi connectivity index (χ0n) is 13.7. The molecule has 21 heavy (non-hydrogen) atoms. The van der Waals surface area contributed by atoms with E-state index in [0.29, 0.717) is 25.7 Å². The molecule has 1 atom stereocenters. The molecule has 0 aliphatic rings. The predicted molar refractivity (Wildman–Crippen MR) is 81.0 cm³/mol. The molecular weight excluding hydrogens is 272 g/mol. The normalized spacial score (nSPS) is 12.0. The molecule has 0 aromatic rings. The van der Waals surface area contributed by atoms with E-state index in [1.807, 2.05) is 0 Å². The highest BCUT2D eigenvalue weighted by molar-refractivity contribution is 5.77. The molecule has 0 amide bonds. The summed E-state index contributed by atoms with van der Waals surface area (Å²) in [6.07, 6.45) is 5.63. The van der Waals surface area contributed by atoms with Gasteiger partial charge in [0.05, 0.1) is 26.1 Å². The number of methoxy groups -OCH3 is 1. The number of rotatable bonds is 13. The van der Waals surface area contributed by atoms with Gasteiger partial charge >= 0.3 is 11.9 Å². The number of unbranched alkanes of at least 4 members (excludes halogenated alkanes) is 2. The van der Waals surface area contributed by atoms with Crippen molar-refractivity contribution in [2.75, 3.05) is 26.9 Å². The monoisotopic (exact) mass is 302 g/mol. The summed E-state index contributed by atoms with van der Waals surface area (Å²) in [6, 6.07) is 0. The predicted octanol–water partition coefficient (Wildman–Crippen LogP) is 3.11. The fraction of sp³-hybridized carbons (Fsp3) is 0.875. The van der Waals surface area contributed by atoms with Crippen LogP contribution in [0.5, 0.6) is 0 Å². The lowest BCUT2D eigenvalue weighted by Crippen LogP contribution is -2.17. The molecule has 124 valence electrons. The van der Waals surface area contributed by atoms with Crippen molar-refractivity contribution in [2.24, 2.45) is 5.92 Å². The Hall–Kier alpha value is -1.10. The molecule has 0 saturated heterocycles. The second kappa shape index (κ2) is 13.9. The van der Waals surface area contributed by atoms with Crippen molar-refractivity contribution < 1.29 is 23.8 Å². The number of esters is 2. The third kappa shape index (κ3) is 12.4. The van der Waals surface area contributed by atoms with E-state index < -0.39 is 0 Å². The molecule has 5 nitrogen and oxygen atoms in total. The van der Waals surface area contributed by atoms with Crippen LogP contribution < -0.4 is 0 Å². The average molecular weight is 302 g/mol. The van der Waals surface area contributed by atoms with Gasteiger partial charge in [-0.2, -0.15) is 0 Å². The number of hydrogen-bond donors (Lipinski definition) is 0. The van der Waals surface area contributed by atoms with E-state index in [9.17, 15) is 9.59 Å². The molecule has 0 radical (unpaired) electrons. The third-order valence-electron chi connectivity index (χ3n) is 3.26. The van der Waals surface area contributed by atoms with Gasteiger partial charge in [0.25, 0.3) is 0 Å². The lowest BCUT2D eigenvalue weighted by molar-refractivity contribution is -0.151. The van der Waals surface area contributed by atoms with E-state index in [1.54, 1.807) is 14.0 Å². The van der Waals surface area contributed by atoms with E-state index in [4.69, 9.17) is 14.2 Å². The van der Waals surface area contributed by atoms with E-state index >= 15 is 0 Å². The minimum atomic E-state index is -0.353. The van der Waals surface area contributed by atoms with E-state index in [2.05, 4.69) is 6.92 Å². The summed E-state index contributed by atoms with van der Waals surface area (Å²) in [5, 5.41) is 0. The lowest BCUT2D eigenvalue weighted by Gasteiger charge is -2.16. The molecule has 0 spiro atoms. The molecule has 0 fully saturated rings. The Kier molecular flexibility index (Phi) is 13.1. The standard InChI is InChI=1S/C16H30O5/c1-4-6-7-8-14(11-12-19-3)13-21-16(18)10-9-15(17)20-5-2/h14H,4-13H2,1-3H3. The first-order chi connectivity index (χ1) is 10.1. The molecule has 0 aromatic heterocycles. The van der Waals surface area contributed by atoms with Crippen LogP contribution in [0.15, 0.2) is 0 Å². The Balaban J connectivity index is 3.91. The van der Waals surface area contributed by atoms with Crippen LogP contribution in [-0.2, 0) is 23.8 Å². The van der Waals surface area contributed by atoms with Gasteiger partial charge in [0.2, 0.25) is 0 Å². The second-order valence-electron chi connectivity index (χ2n) is 5.13. The maximum atomic E-state index is 11.6. The van der Waals surface area contributed by atoms with Crippen molar-refractivity contribution in [1.82, 2.24) is 0 Å². The molecule has 0 aliphatic heterocycles. The highest BCUT2D eigenvalue weighted by Gasteiger charge is 2.13. The van der Waals surface area contributed by atoms with E-state index in [0.717, 1.165) is 19.3 Å². The molecular formula is C16H30O5. The molecule has 0 bridgehead atoms. The molecule has 0 rings (SSSR count). The van der Waals surface area contributed by atoms with E-state index in [1.165, 1.54) is 12.8 Å². The number of ether oxygens (including phenoxy) is 3. The summed E-state index contributed by atoms with van der Waals surface area (Å²) < 4.78 is 15.1. The molecule has 0 aliphatic carbocycles. The molecule has 1 unspecified atom stereocenters. The minimum Gasteiger partial charge on any atom is -0.466 e. The third-order valence-corrected chi connectivity index (χ3v) is 3.26. The van der Waals surface area contributed by atoms with Crippen LogP contribution in [0.2, 0.25) is 0 Å². The first kappa shape index (κ1) is 19.9. The van der Waals surface area contributed by atoms with E-state index in [-0.39, 0.29) is 24.8 Å². The molecule has 0 heterocycles. The SMILES string of the molecule is CCCCCC(CCOC)COC(=O)CCC(=O)OCC. The second-order valence-corrected chi connectivity index (χ2v) is 5.13. The van der Waals surface area contributed by atoms with Crippen molar-refractivity contribution in [3.63, 3.8) is 0 Å². The number of hydrogen-bond acceptors (Lipinski definition) is 5. The maximum absolute atomic E-state index is 11.6. The van der Waals surface area contributed by atoms with Gasteiger partial charge in [0.15, 0.2) is 0 Å². The van der Waals surface area contributed by atoms with Gasteiger partial charge < -0.3 is 14.2 Å². The van der Waals surface area contributed by atoms with Gasteiger partial charge in [-0.05, 0) is 25.7 Å². The summed E-state index contributed by atoms with van der Waals surface area (Å²) in [6.45, 7) is 5.34. The molecule has 5 heteroatoms. The van der Waals surface area contributed by atoms with Gasteiger partial charge in [-0.15, -0.1) is 0 Å². The zero-order valence-corrected chi connectivity index (χ0v) is 13.7. The Morgan fingerprint density at radius 3 is 2.19 bits per heavy atom. The Morgan fingerprint density at radius 1 is 0.952 bits per heavy atom. The van der Waals surface area contributed by atoms with Gasteiger partial charge in [-0.3, -0.25) is 9.59 Å². The van der Waals surface area contributed by atoms with Crippen LogP contribution in [0.3, 0.4) is 0 Å². The summed E-state index contributed by atoms with van der Waals surface area (Å²) in [7, 11) is 1.68. The first-order valence-electron chi connectivity index (χ1n) is 7.94. The molecule has 0 saturated carbocycles. The highest BCUT2D eigenvalue weighted by Crippen LogP contribution is 2.15. The fourth-order valence-corrected chi connectivity index (χ4v) is 2.00. The Labute approximate surface area is 128 Å². The van der Waals surface area contributed by atoms with Crippen LogP contribution in [0.1, 0.15) is 58.8 Å². The average Bonchev–Trinajstić information content (AvgIpc) is 2.47. The number of carbonyl (C=O) groups excluding carboxylic acids is 2. The Bertz CT molecular complexity index is 278. The first-order valence-corrected chi connectivity index (χ1v) is 7.94. The van der Waals surface area contributed by atoms with Crippen molar-refractivity contribution in [3.8, 4) is 0 Å². The maximum Gasteiger partial charge on any atom is 0.306 e. The fourth-order valence-electron chi connectivity index (χ4n) is 2.00. The Morgan fingerprint density at radius 2 is 1.62 bits per heavy atom. The smallest absolute Gasteiger partial charge is 0.306 e. The quantitative estimate of drug-likeness (QED) is 0.386. The van der Waals surface area contributed by atoms with Crippen molar-refractivity contribution in [2.45, 2.75) is 58.8 Å². The summed E-state index contributed by atoms with van der Waals surface area (Å²) in [5.74, 6) is -0.350. The summed E-state index contributed by atoms with van der Waals surface area (Å²) in [5.41, 5.74) is 0. The van der Waals surface area contributed by atoms with Crippen LogP contribution in [0.25, 0.3) is 0 Å². The largest absolute Gasteiger partial charge is 0.466 e. The minimum absolute atomic E-state index is 0.0881. The van der Waals surface area contributed by atoms with Crippen molar-refractivity contribution >= 4 is 11.9 Å². The molecule has 0 aromatic carbocycles. The zero-order chi connectivity index (χ0) is 15.9. The number of carbonyl (C=O) groups is 2. The van der Waals surface area contributed by atoms with Crippen LogP contribution >= 0.6 is 0 Å². The highest BCUT2D eigenvalue weighted by atomic mass is 16.5. The van der Waals surface area contributed by atoms with Crippen molar-refractivity contribution in [3.05, 3.63) is 0 Å². The van der Waals surface area contributed by atoms with Crippen molar-refractivity contribution in [1.29, 1.82) is 0 Å². The van der Waals surface area contributed by atoms with Gasteiger partial charge in [0, 0.05) is 13.7 Å². The summed E-state index contributed by atoms with van der Waals surface area (Å²) in [4.78, 5) is 22.8. The molecule has 0 N–H and O–H groups in total. The van der Waals surface area contributed by atoms with Crippen LogP contribution in [0, 0.1) is 5.92 Å². The van der Waals surface area contributed by atoms with Gasteiger partial charge in [-0.1, -0.05) is 26.2 Å². The van der Waals surface area contributed by atoms with Crippen LogP contribution in [-0.4, -0.2) is 38.9 Å². The van der Waals surface area contributed by atoms with Gasteiger partial charge in [-0.25, -0.2) is 0 Å². The van der Waals surface area contributed by atoms with Gasteiger partial charge in [0.1, 0.15) is 0 Å². The topological polar surface area (TPSA) is 61.8 Å².